The Labute approximate surface area is 254 Å². The number of hydrogen-bond acceptors (Lipinski definition) is 4. The van der Waals surface area contributed by atoms with E-state index in [2.05, 4.69) is 4.98 Å². The van der Waals surface area contributed by atoms with Gasteiger partial charge in [0.05, 0.1) is 10.7 Å². The fourth-order valence-electron chi connectivity index (χ4n) is 5.98. The number of pyridine rings is 1. The van der Waals surface area contributed by atoms with Gasteiger partial charge in [0.1, 0.15) is 22.8 Å². The van der Waals surface area contributed by atoms with Gasteiger partial charge in [-0.25, -0.2) is 27.5 Å². The molecule has 2 aliphatic carbocycles. The third-order valence-electron chi connectivity index (χ3n) is 8.35. The second kappa shape index (κ2) is 11.2. The van der Waals surface area contributed by atoms with Crippen LogP contribution in [-0.2, 0) is 6.42 Å². The van der Waals surface area contributed by atoms with Gasteiger partial charge in [-0.05, 0) is 74.1 Å². The van der Waals surface area contributed by atoms with E-state index < -0.39 is 29.0 Å². The number of rotatable bonds is 7. The van der Waals surface area contributed by atoms with Crippen LogP contribution in [0.3, 0.4) is 0 Å². The number of aromatic nitrogens is 3. The van der Waals surface area contributed by atoms with Crippen LogP contribution in [-0.4, -0.2) is 26.7 Å². The Morgan fingerprint density at radius 1 is 1.07 bits per heavy atom. The summed E-state index contributed by atoms with van der Waals surface area (Å²) < 4.78 is 57.5. The highest BCUT2D eigenvalue weighted by atomic mass is 35.5. The molecule has 2 aromatic carbocycles. The molecule has 1 atom stereocenters. The van der Waals surface area contributed by atoms with Crippen LogP contribution in [0, 0.1) is 24.0 Å². The maximum absolute atomic E-state index is 14.4. The van der Waals surface area contributed by atoms with Gasteiger partial charge in [-0.3, -0.25) is 9.36 Å². The SMILES string of the molecule is Cc1c(-n2c(C(Cc3cc(F)cc(F)c3)C3=CC3)nc3nc(C4CCC(F)(F)CC4)cc(Cl)c3c2=O)ccc(Cl)c1C=N. The molecule has 0 saturated heterocycles. The Balaban J connectivity index is 1.59. The van der Waals surface area contributed by atoms with E-state index in [0.717, 1.165) is 17.9 Å². The molecule has 11 heteroatoms. The summed E-state index contributed by atoms with van der Waals surface area (Å²) in [6.45, 7) is 1.73. The molecule has 43 heavy (non-hydrogen) atoms. The number of alkyl halides is 2. The summed E-state index contributed by atoms with van der Waals surface area (Å²) in [5.74, 6) is -4.69. The zero-order chi connectivity index (χ0) is 30.6. The van der Waals surface area contributed by atoms with Crippen molar-refractivity contribution < 1.29 is 17.6 Å². The van der Waals surface area contributed by atoms with E-state index in [-0.39, 0.29) is 59.9 Å². The van der Waals surface area contributed by atoms with Gasteiger partial charge in [0.25, 0.3) is 5.56 Å². The lowest BCUT2D eigenvalue weighted by Crippen LogP contribution is -2.28. The van der Waals surface area contributed by atoms with Crippen LogP contribution < -0.4 is 5.56 Å². The van der Waals surface area contributed by atoms with Crippen molar-refractivity contribution in [2.45, 2.75) is 63.2 Å². The second-order valence-corrected chi connectivity index (χ2v) is 12.0. The van der Waals surface area contributed by atoms with Crippen molar-refractivity contribution in [3.05, 3.63) is 108 Å². The van der Waals surface area contributed by atoms with Crippen LogP contribution in [0.2, 0.25) is 10.0 Å². The lowest BCUT2D eigenvalue weighted by molar-refractivity contribution is -0.0384. The van der Waals surface area contributed by atoms with E-state index >= 15 is 0 Å². The molecule has 0 radical (unpaired) electrons. The summed E-state index contributed by atoms with van der Waals surface area (Å²) in [4.78, 5) is 23.9. The molecule has 1 saturated carbocycles. The number of nitrogens with zero attached hydrogens (tertiary/aromatic N) is 3. The van der Waals surface area contributed by atoms with Crippen molar-refractivity contribution in [1.82, 2.24) is 14.5 Å². The third kappa shape index (κ3) is 5.72. The molecule has 1 fully saturated rings. The van der Waals surface area contributed by atoms with Gasteiger partial charge in [0.2, 0.25) is 5.92 Å². The lowest BCUT2D eigenvalue weighted by Gasteiger charge is -2.28. The summed E-state index contributed by atoms with van der Waals surface area (Å²) in [6.07, 6.45) is 3.76. The average molecular weight is 629 g/mol. The van der Waals surface area contributed by atoms with Crippen LogP contribution >= 0.6 is 23.2 Å². The molecule has 2 heterocycles. The number of fused-ring (bicyclic) bond motifs is 1. The maximum atomic E-state index is 14.4. The fourth-order valence-corrected chi connectivity index (χ4v) is 6.52. The first-order valence-corrected chi connectivity index (χ1v) is 14.7. The molecule has 0 spiro atoms. The van der Waals surface area contributed by atoms with Gasteiger partial charge < -0.3 is 5.41 Å². The standard InChI is InChI=1S/C32H26Cl2F4N4O/c1-16-23(15-39)24(33)4-5-27(16)42-30(22(18-2-3-18)12-17-10-20(35)13-21(36)11-17)41-29-28(31(42)43)25(34)14-26(40-29)19-6-8-32(37,38)9-7-19/h2,4-5,10-11,13-15,19,22,39H,3,6-9,12H2,1H3. The van der Waals surface area contributed by atoms with Crippen LogP contribution in [0.5, 0.6) is 0 Å². The van der Waals surface area contributed by atoms with E-state index in [1.807, 2.05) is 6.08 Å². The van der Waals surface area contributed by atoms with Gasteiger partial charge in [0, 0.05) is 53.2 Å². The maximum Gasteiger partial charge on any atom is 0.269 e. The molecular formula is C32H26Cl2F4N4O. The van der Waals surface area contributed by atoms with Crippen LogP contribution in [0.25, 0.3) is 16.7 Å². The molecule has 0 bridgehead atoms. The van der Waals surface area contributed by atoms with Gasteiger partial charge >= 0.3 is 0 Å². The smallest absolute Gasteiger partial charge is 0.269 e. The Morgan fingerprint density at radius 3 is 2.37 bits per heavy atom. The molecule has 6 rings (SSSR count). The lowest BCUT2D eigenvalue weighted by atomic mass is 9.84. The zero-order valence-electron chi connectivity index (χ0n) is 23.0. The third-order valence-corrected chi connectivity index (χ3v) is 8.98. The van der Waals surface area contributed by atoms with E-state index in [1.54, 1.807) is 25.1 Å². The fraction of sp³-hybridized carbons (Fsp3) is 0.312. The topological polar surface area (TPSA) is 71.6 Å². The van der Waals surface area contributed by atoms with E-state index in [1.165, 1.54) is 16.7 Å². The predicted molar refractivity (Wildman–Crippen MR) is 159 cm³/mol. The highest BCUT2D eigenvalue weighted by molar-refractivity contribution is 6.35. The van der Waals surface area contributed by atoms with E-state index in [0.29, 0.717) is 39.5 Å². The number of halogens is 6. The summed E-state index contributed by atoms with van der Waals surface area (Å²) >= 11 is 13.0. The first kappa shape index (κ1) is 29.5. The van der Waals surface area contributed by atoms with E-state index in [9.17, 15) is 22.4 Å². The average Bonchev–Trinajstić information content (AvgIpc) is 3.77. The Morgan fingerprint density at radius 2 is 1.74 bits per heavy atom. The minimum absolute atomic E-state index is 0.0568. The molecular weight excluding hydrogens is 603 g/mol. The number of nitrogens with one attached hydrogen (secondary N) is 1. The predicted octanol–water partition coefficient (Wildman–Crippen LogP) is 8.62. The molecule has 2 aliphatic rings. The minimum Gasteiger partial charge on any atom is -0.308 e. The first-order valence-electron chi connectivity index (χ1n) is 13.9. The minimum atomic E-state index is -2.72. The second-order valence-electron chi connectivity index (χ2n) is 11.2. The van der Waals surface area contributed by atoms with Crippen LogP contribution in [0.15, 0.2) is 52.8 Å². The largest absolute Gasteiger partial charge is 0.308 e. The normalized spacial score (nSPS) is 17.1. The Bertz CT molecular complexity index is 1860. The first-order chi connectivity index (χ1) is 20.5. The Kier molecular flexibility index (Phi) is 7.67. The summed E-state index contributed by atoms with van der Waals surface area (Å²) in [7, 11) is 0. The van der Waals surface area contributed by atoms with Crippen molar-refractivity contribution in [3.8, 4) is 5.69 Å². The number of benzene rings is 2. The number of hydrogen-bond donors (Lipinski definition) is 1. The summed E-state index contributed by atoms with van der Waals surface area (Å²) in [5.41, 5.74) is 2.75. The molecule has 0 amide bonds. The van der Waals surface area contributed by atoms with Crippen molar-refractivity contribution in [3.63, 3.8) is 0 Å². The molecule has 1 N–H and O–H groups in total. The van der Waals surface area contributed by atoms with Gasteiger partial charge in [-0.15, -0.1) is 0 Å². The van der Waals surface area contributed by atoms with Gasteiger partial charge in [0.15, 0.2) is 5.65 Å². The van der Waals surface area contributed by atoms with Crippen molar-refractivity contribution in [2.75, 3.05) is 0 Å². The highest BCUT2D eigenvalue weighted by Crippen LogP contribution is 2.42. The van der Waals surface area contributed by atoms with Gasteiger partial charge in [-0.1, -0.05) is 34.9 Å². The highest BCUT2D eigenvalue weighted by Gasteiger charge is 2.36. The zero-order valence-corrected chi connectivity index (χ0v) is 24.5. The monoisotopic (exact) mass is 628 g/mol. The van der Waals surface area contributed by atoms with Crippen molar-refractivity contribution in [2.24, 2.45) is 0 Å². The molecule has 2 aromatic heterocycles. The van der Waals surface area contributed by atoms with E-state index in [4.69, 9.17) is 33.6 Å². The molecule has 0 aliphatic heterocycles. The van der Waals surface area contributed by atoms with Crippen molar-refractivity contribution in [1.29, 1.82) is 5.41 Å². The summed E-state index contributed by atoms with van der Waals surface area (Å²) in [6, 6.07) is 8.08. The van der Waals surface area contributed by atoms with Crippen LogP contribution in [0.4, 0.5) is 17.6 Å². The van der Waals surface area contributed by atoms with Gasteiger partial charge in [-0.2, -0.15) is 0 Å². The number of allylic oxidation sites excluding steroid dienone is 2. The molecule has 222 valence electrons. The quantitative estimate of drug-likeness (QED) is 0.126. The molecule has 5 nitrogen and oxygen atoms in total. The summed E-state index contributed by atoms with van der Waals surface area (Å²) in [5, 5.41) is 8.37. The Hall–Kier alpha value is -3.56. The van der Waals surface area contributed by atoms with Crippen molar-refractivity contribution >= 4 is 40.4 Å². The molecule has 1 unspecified atom stereocenters. The van der Waals surface area contributed by atoms with Crippen LogP contribution in [0.1, 0.15) is 72.1 Å². The molecule has 4 aromatic rings.